The van der Waals surface area contributed by atoms with Crippen molar-refractivity contribution in [3.63, 3.8) is 0 Å². The van der Waals surface area contributed by atoms with E-state index in [2.05, 4.69) is 17.1 Å². The fraction of sp³-hybridized carbons (Fsp3) is 0.333. The molecule has 4 heteroatoms. The molecule has 0 unspecified atom stereocenters. The Hall–Kier alpha value is -2.36. The molecule has 1 amide bonds. The molecule has 0 spiro atoms. The smallest absolute Gasteiger partial charge is 0.253 e. The van der Waals surface area contributed by atoms with Crippen LogP contribution in [0.1, 0.15) is 34.7 Å². The summed E-state index contributed by atoms with van der Waals surface area (Å²) in [7, 11) is 1.63. The summed E-state index contributed by atoms with van der Waals surface area (Å²) in [5.41, 5.74) is 2.05. The van der Waals surface area contributed by atoms with Crippen LogP contribution in [-0.2, 0) is 0 Å². The normalized spacial score (nSPS) is 15.6. The highest BCUT2D eigenvalue weighted by atomic mass is 16.5. The standard InChI is InChI=1S/C18H20N2O2/c1-22-17-4-2-16(3-5-17)18(21)20-12-8-15(9-13-20)14-6-10-19-11-7-14/h2-7,10-11,15H,8-9,12-13H2,1H3. The van der Waals surface area contributed by atoms with Crippen LogP contribution < -0.4 is 4.74 Å². The molecule has 22 heavy (non-hydrogen) atoms. The number of ether oxygens (including phenoxy) is 1. The van der Waals surface area contributed by atoms with Gasteiger partial charge in [-0.1, -0.05) is 0 Å². The lowest BCUT2D eigenvalue weighted by molar-refractivity contribution is 0.0713. The van der Waals surface area contributed by atoms with Crippen LogP contribution in [0.5, 0.6) is 5.75 Å². The summed E-state index contributed by atoms with van der Waals surface area (Å²) in [6.07, 6.45) is 5.69. The molecule has 114 valence electrons. The summed E-state index contributed by atoms with van der Waals surface area (Å²) < 4.78 is 5.13. The summed E-state index contributed by atoms with van der Waals surface area (Å²) in [4.78, 5) is 18.5. The largest absolute Gasteiger partial charge is 0.497 e. The first-order valence-electron chi connectivity index (χ1n) is 7.61. The van der Waals surface area contributed by atoms with Gasteiger partial charge in [-0.2, -0.15) is 0 Å². The number of hydrogen-bond donors (Lipinski definition) is 0. The Balaban J connectivity index is 1.62. The first-order chi connectivity index (χ1) is 10.8. The predicted molar refractivity (Wildman–Crippen MR) is 85.1 cm³/mol. The van der Waals surface area contributed by atoms with Crippen molar-refractivity contribution in [1.82, 2.24) is 9.88 Å². The predicted octanol–water partition coefficient (Wildman–Crippen LogP) is 3.11. The molecule has 0 radical (unpaired) electrons. The van der Waals surface area contributed by atoms with E-state index in [1.54, 1.807) is 7.11 Å². The second-order valence-corrected chi connectivity index (χ2v) is 5.58. The van der Waals surface area contributed by atoms with E-state index in [9.17, 15) is 4.79 Å². The molecule has 3 rings (SSSR count). The molecular formula is C18H20N2O2. The van der Waals surface area contributed by atoms with Gasteiger partial charge >= 0.3 is 0 Å². The number of likely N-dealkylation sites (tertiary alicyclic amines) is 1. The fourth-order valence-corrected chi connectivity index (χ4v) is 2.97. The summed E-state index contributed by atoms with van der Waals surface area (Å²) in [5, 5.41) is 0. The zero-order chi connectivity index (χ0) is 15.4. The summed E-state index contributed by atoms with van der Waals surface area (Å²) in [6, 6.07) is 11.5. The van der Waals surface area contributed by atoms with Gasteiger partial charge in [0.05, 0.1) is 7.11 Å². The Labute approximate surface area is 130 Å². The number of nitrogens with zero attached hydrogens (tertiary/aromatic N) is 2. The van der Waals surface area contributed by atoms with Crippen LogP contribution in [0.2, 0.25) is 0 Å². The van der Waals surface area contributed by atoms with Crippen LogP contribution >= 0.6 is 0 Å². The zero-order valence-corrected chi connectivity index (χ0v) is 12.7. The third-order valence-electron chi connectivity index (χ3n) is 4.30. The Bertz CT molecular complexity index is 617. The molecule has 0 atom stereocenters. The van der Waals surface area contributed by atoms with Gasteiger partial charge in [-0.05, 0) is 60.7 Å². The Morgan fingerprint density at radius 3 is 2.32 bits per heavy atom. The highest BCUT2D eigenvalue weighted by Crippen LogP contribution is 2.28. The second kappa shape index (κ2) is 6.60. The van der Waals surface area contributed by atoms with Gasteiger partial charge in [-0.15, -0.1) is 0 Å². The van der Waals surface area contributed by atoms with Crippen LogP contribution in [0, 0.1) is 0 Å². The summed E-state index contributed by atoms with van der Waals surface area (Å²) >= 11 is 0. The Morgan fingerprint density at radius 2 is 1.73 bits per heavy atom. The number of benzene rings is 1. The van der Waals surface area contributed by atoms with Crippen LogP contribution in [0.4, 0.5) is 0 Å². The molecule has 0 aliphatic carbocycles. The highest BCUT2D eigenvalue weighted by Gasteiger charge is 2.24. The lowest BCUT2D eigenvalue weighted by atomic mass is 9.90. The maximum atomic E-state index is 12.5. The van der Waals surface area contributed by atoms with Gasteiger partial charge in [0.15, 0.2) is 0 Å². The van der Waals surface area contributed by atoms with E-state index in [0.717, 1.165) is 37.2 Å². The van der Waals surface area contributed by atoms with Crippen molar-refractivity contribution >= 4 is 5.91 Å². The van der Waals surface area contributed by atoms with Crippen LogP contribution in [-0.4, -0.2) is 36.0 Å². The van der Waals surface area contributed by atoms with Gasteiger partial charge in [0.25, 0.3) is 5.91 Å². The van der Waals surface area contributed by atoms with Crippen molar-refractivity contribution in [2.75, 3.05) is 20.2 Å². The minimum atomic E-state index is 0.107. The van der Waals surface area contributed by atoms with Crippen LogP contribution in [0.15, 0.2) is 48.8 Å². The van der Waals surface area contributed by atoms with Crippen molar-refractivity contribution in [1.29, 1.82) is 0 Å². The molecule has 0 bridgehead atoms. The number of piperidine rings is 1. The number of methoxy groups -OCH3 is 1. The molecule has 2 aromatic rings. The molecular weight excluding hydrogens is 276 g/mol. The monoisotopic (exact) mass is 296 g/mol. The van der Waals surface area contributed by atoms with Crippen molar-refractivity contribution in [2.45, 2.75) is 18.8 Å². The van der Waals surface area contributed by atoms with E-state index >= 15 is 0 Å². The van der Waals surface area contributed by atoms with Crippen molar-refractivity contribution in [3.05, 3.63) is 59.9 Å². The fourth-order valence-electron chi connectivity index (χ4n) is 2.97. The number of hydrogen-bond acceptors (Lipinski definition) is 3. The van der Waals surface area contributed by atoms with E-state index in [-0.39, 0.29) is 5.91 Å². The minimum absolute atomic E-state index is 0.107. The lowest BCUT2D eigenvalue weighted by Gasteiger charge is -2.32. The third kappa shape index (κ3) is 3.11. The molecule has 0 saturated carbocycles. The number of carbonyl (C=O) groups excluding carboxylic acids is 1. The molecule has 0 N–H and O–H groups in total. The summed E-state index contributed by atoms with van der Waals surface area (Å²) in [6.45, 7) is 1.61. The van der Waals surface area contributed by atoms with E-state index in [1.165, 1.54) is 5.56 Å². The van der Waals surface area contributed by atoms with Crippen molar-refractivity contribution in [3.8, 4) is 5.75 Å². The quantitative estimate of drug-likeness (QED) is 0.874. The number of amides is 1. The molecule has 1 aliphatic heterocycles. The molecule has 1 saturated heterocycles. The van der Waals surface area contributed by atoms with E-state index in [4.69, 9.17) is 4.74 Å². The Morgan fingerprint density at radius 1 is 1.09 bits per heavy atom. The SMILES string of the molecule is COc1ccc(C(=O)N2CCC(c3ccncc3)CC2)cc1. The van der Waals surface area contributed by atoms with Crippen molar-refractivity contribution < 1.29 is 9.53 Å². The average Bonchev–Trinajstić information content (AvgIpc) is 2.62. The van der Waals surface area contributed by atoms with E-state index < -0.39 is 0 Å². The average molecular weight is 296 g/mol. The summed E-state index contributed by atoms with van der Waals surface area (Å²) in [5.74, 6) is 1.41. The van der Waals surface area contributed by atoms with Gasteiger partial charge in [-0.3, -0.25) is 9.78 Å². The third-order valence-corrected chi connectivity index (χ3v) is 4.30. The van der Waals surface area contributed by atoms with Gasteiger partial charge in [0.1, 0.15) is 5.75 Å². The molecule has 2 heterocycles. The minimum Gasteiger partial charge on any atom is -0.497 e. The lowest BCUT2D eigenvalue weighted by Crippen LogP contribution is -2.37. The highest BCUT2D eigenvalue weighted by molar-refractivity contribution is 5.94. The van der Waals surface area contributed by atoms with Crippen LogP contribution in [0.25, 0.3) is 0 Å². The molecule has 1 fully saturated rings. The number of carbonyl (C=O) groups is 1. The maximum absolute atomic E-state index is 12.5. The number of aromatic nitrogens is 1. The Kier molecular flexibility index (Phi) is 4.37. The topological polar surface area (TPSA) is 42.4 Å². The van der Waals surface area contributed by atoms with Gasteiger partial charge in [-0.25, -0.2) is 0 Å². The number of pyridine rings is 1. The number of rotatable bonds is 3. The van der Waals surface area contributed by atoms with Crippen LogP contribution in [0.3, 0.4) is 0 Å². The van der Waals surface area contributed by atoms with Gasteiger partial charge in [0, 0.05) is 31.0 Å². The maximum Gasteiger partial charge on any atom is 0.253 e. The molecule has 4 nitrogen and oxygen atoms in total. The van der Waals surface area contributed by atoms with Crippen molar-refractivity contribution in [2.24, 2.45) is 0 Å². The van der Waals surface area contributed by atoms with Gasteiger partial charge in [0.2, 0.25) is 0 Å². The molecule has 1 aromatic carbocycles. The second-order valence-electron chi connectivity index (χ2n) is 5.58. The first-order valence-corrected chi connectivity index (χ1v) is 7.61. The van der Waals surface area contributed by atoms with Gasteiger partial charge < -0.3 is 9.64 Å². The first kappa shape index (κ1) is 14.6. The van der Waals surface area contributed by atoms with E-state index in [0.29, 0.717) is 5.92 Å². The van der Waals surface area contributed by atoms with E-state index in [1.807, 2.05) is 41.6 Å². The molecule has 1 aliphatic rings. The molecule has 1 aromatic heterocycles. The zero-order valence-electron chi connectivity index (χ0n) is 12.7.